The average molecular weight is 448 g/mol. The summed E-state index contributed by atoms with van der Waals surface area (Å²) >= 11 is 4.86. The Kier molecular flexibility index (Phi) is 6.52. The fourth-order valence-electron chi connectivity index (χ4n) is 2.33. The number of methoxy groups -OCH3 is 1. The van der Waals surface area contributed by atoms with E-state index in [4.69, 9.17) is 9.26 Å². The first-order valence-corrected chi connectivity index (χ1v) is 10.1. The van der Waals surface area contributed by atoms with Gasteiger partial charge in [0.15, 0.2) is 0 Å². The van der Waals surface area contributed by atoms with Gasteiger partial charge in [0.2, 0.25) is 17.6 Å². The van der Waals surface area contributed by atoms with Gasteiger partial charge in [-0.05, 0) is 52.7 Å². The van der Waals surface area contributed by atoms with E-state index in [9.17, 15) is 4.79 Å². The molecule has 0 radical (unpaired) electrons. The number of hydrogen-bond donors (Lipinski definition) is 1. The normalized spacial score (nSPS) is 10.6. The molecule has 0 aliphatic carbocycles. The molecule has 140 valence electrons. The highest BCUT2D eigenvalue weighted by molar-refractivity contribution is 9.10. The summed E-state index contributed by atoms with van der Waals surface area (Å²) < 4.78 is 11.3. The Morgan fingerprint density at radius 1 is 1.30 bits per heavy atom. The molecule has 1 N–H and O–H groups in total. The Morgan fingerprint density at radius 2 is 2.15 bits per heavy atom. The Hall–Kier alpha value is -2.32. The highest BCUT2D eigenvalue weighted by Crippen LogP contribution is 2.24. The van der Waals surface area contributed by atoms with E-state index < -0.39 is 0 Å². The molecule has 0 fully saturated rings. The minimum absolute atomic E-state index is 0.0860. The van der Waals surface area contributed by atoms with Gasteiger partial charge in [0, 0.05) is 10.0 Å². The molecule has 0 atom stereocenters. The lowest BCUT2D eigenvalue weighted by molar-refractivity contribution is -0.113. The molecule has 1 aromatic heterocycles. The van der Waals surface area contributed by atoms with E-state index >= 15 is 0 Å². The van der Waals surface area contributed by atoms with Crippen molar-refractivity contribution >= 4 is 39.3 Å². The van der Waals surface area contributed by atoms with E-state index in [0.29, 0.717) is 17.5 Å². The number of carbonyl (C=O) groups is 1. The molecule has 0 bridgehead atoms. The zero-order valence-corrected chi connectivity index (χ0v) is 17.3. The first kappa shape index (κ1) is 19.4. The van der Waals surface area contributed by atoms with Crippen LogP contribution in [0.3, 0.4) is 0 Å². The van der Waals surface area contributed by atoms with E-state index in [1.54, 1.807) is 7.11 Å². The highest BCUT2D eigenvalue weighted by Gasteiger charge is 2.11. The molecule has 1 heterocycles. The number of nitrogens with zero attached hydrogens (tertiary/aromatic N) is 2. The Morgan fingerprint density at radius 3 is 2.93 bits per heavy atom. The summed E-state index contributed by atoms with van der Waals surface area (Å²) in [5.41, 5.74) is 2.69. The number of nitrogens with one attached hydrogen (secondary N) is 1. The SMILES string of the molecule is COc1cccc(-c2noc(CSCC(=O)Nc3ccc(C)cc3Br)n2)c1. The predicted molar refractivity (Wildman–Crippen MR) is 110 cm³/mol. The van der Waals surface area contributed by atoms with Crippen LogP contribution < -0.4 is 10.1 Å². The number of amides is 1. The molecule has 0 aliphatic heterocycles. The summed E-state index contributed by atoms with van der Waals surface area (Å²) in [5, 5.41) is 6.87. The van der Waals surface area contributed by atoms with Gasteiger partial charge in [0.05, 0.1) is 24.3 Å². The average Bonchev–Trinajstić information content (AvgIpc) is 3.13. The largest absolute Gasteiger partial charge is 0.497 e. The summed E-state index contributed by atoms with van der Waals surface area (Å²) in [7, 11) is 1.61. The third-order valence-corrected chi connectivity index (χ3v) is 5.23. The molecule has 27 heavy (non-hydrogen) atoms. The number of halogens is 1. The van der Waals surface area contributed by atoms with Gasteiger partial charge in [0.1, 0.15) is 5.75 Å². The van der Waals surface area contributed by atoms with Crippen molar-refractivity contribution < 1.29 is 14.1 Å². The van der Waals surface area contributed by atoms with Crippen molar-refractivity contribution in [1.82, 2.24) is 10.1 Å². The molecule has 1 amide bonds. The topological polar surface area (TPSA) is 77.2 Å². The number of thioether (sulfide) groups is 1. The maximum absolute atomic E-state index is 12.1. The number of aromatic nitrogens is 2. The zero-order valence-electron chi connectivity index (χ0n) is 14.9. The molecule has 6 nitrogen and oxygen atoms in total. The van der Waals surface area contributed by atoms with Gasteiger partial charge in [-0.3, -0.25) is 4.79 Å². The van der Waals surface area contributed by atoms with Crippen molar-refractivity contribution in [2.24, 2.45) is 0 Å². The van der Waals surface area contributed by atoms with Crippen molar-refractivity contribution in [3.05, 3.63) is 58.4 Å². The number of rotatable bonds is 7. The molecular formula is C19H18BrN3O3S. The second kappa shape index (κ2) is 9.05. The summed E-state index contributed by atoms with van der Waals surface area (Å²) in [6.07, 6.45) is 0. The van der Waals surface area contributed by atoms with Gasteiger partial charge in [-0.1, -0.05) is 23.4 Å². The lowest BCUT2D eigenvalue weighted by Gasteiger charge is -2.07. The first-order chi connectivity index (χ1) is 13.0. The molecule has 3 rings (SSSR count). The lowest BCUT2D eigenvalue weighted by Crippen LogP contribution is -2.14. The van der Waals surface area contributed by atoms with Crippen LogP contribution in [0.1, 0.15) is 11.5 Å². The van der Waals surface area contributed by atoms with Crippen LogP contribution in [0, 0.1) is 6.92 Å². The molecule has 2 aromatic carbocycles. The minimum Gasteiger partial charge on any atom is -0.497 e. The van der Waals surface area contributed by atoms with Crippen LogP contribution in [0.2, 0.25) is 0 Å². The van der Waals surface area contributed by atoms with E-state index in [2.05, 4.69) is 31.4 Å². The Bertz CT molecular complexity index is 945. The molecule has 3 aromatic rings. The van der Waals surface area contributed by atoms with Crippen LogP contribution in [-0.2, 0) is 10.5 Å². The number of benzene rings is 2. The fraction of sp³-hybridized carbons (Fsp3) is 0.211. The quantitative estimate of drug-likeness (QED) is 0.565. The van der Waals surface area contributed by atoms with Crippen molar-refractivity contribution in [2.45, 2.75) is 12.7 Å². The Labute approximate surface area is 169 Å². The number of anilines is 1. The highest BCUT2D eigenvalue weighted by atomic mass is 79.9. The molecular weight excluding hydrogens is 430 g/mol. The van der Waals surface area contributed by atoms with Crippen molar-refractivity contribution in [2.75, 3.05) is 18.2 Å². The van der Waals surface area contributed by atoms with Crippen LogP contribution in [0.15, 0.2) is 51.5 Å². The molecule has 0 aliphatic rings. The van der Waals surface area contributed by atoms with Crippen LogP contribution in [0.25, 0.3) is 11.4 Å². The lowest BCUT2D eigenvalue weighted by atomic mass is 10.2. The second-order valence-corrected chi connectivity index (χ2v) is 7.61. The van der Waals surface area contributed by atoms with Crippen LogP contribution >= 0.6 is 27.7 Å². The Balaban J connectivity index is 1.52. The van der Waals surface area contributed by atoms with Crippen LogP contribution in [0.4, 0.5) is 5.69 Å². The smallest absolute Gasteiger partial charge is 0.236 e. The fourth-order valence-corrected chi connectivity index (χ4v) is 3.58. The third-order valence-electron chi connectivity index (χ3n) is 3.65. The number of aryl methyl sites for hydroxylation is 1. The maximum atomic E-state index is 12.1. The third kappa shape index (κ3) is 5.33. The van der Waals surface area contributed by atoms with Crippen LogP contribution in [-0.4, -0.2) is 28.9 Å². The maximum Gasteiger partial charge on any atom is 0.236 e. The summed E-state index contributed by atoms with van der Waals surface area (Å²) in [6.45, 7) is 2.00. The van der Waals surface area contributed by atoms with E-state index in [0.717, 1.165) is 27.0 Å². The van der Waals surface area contributed by atoms with Gasteiger partial charge >= 0.3 is 0 Å². The molecule has 8 heteroatoms. The van der Waals surface area contributed by atoms with Gasteiger partial charge in [0.25, 0.3) is 0 Å². The predicted octanol–water partition coefficient (Wildman–Crippen LogP) is 4.69. The summed E-state index contributed by atoms with van der Waals surface area (Å²) in [6, 6.07) is 13.2. The van der Waals surface area contributed by atoms with Gasteiger partial charge in [-0.25, -0.2) is 0 Å². The molecule has 0 spiro atoms. The summed E-state index contributed by atoms with van der Waals surface area (Å²) in [5.74, 6) is 2.36. The number of hydrogen-bond acceptors (Lipinski definition) is 6. The number of carbonyl (C=O) groups excluding carboxylic acids is 1. The minimum atomic E-state index is -0.0860. The number of ether oxygens (including phenoxy) is 1. The van der Waals surface area contributed by atoms with E-state index in [1.807, 2.05) is 49.4 Å². The first-order valence-electron chi connectivity index (χ1n) is 8.16. The van der Waals surface area contributed by atoms with E-state index in [-0.39, 0.29) is 11.7 Å². The van der Waals surface area contributed by atoms with Gasteiger partial charge in [-0.15, -0.1) is 11.8 Å². The van der Waals surface area contributed by atoms with Gasteiger partial charge in [-0.2, -0.15) is 4.98 Å². The molecule has 0 saturated heterocycles. The monoisotopic (exact) mass is 447 g/mol. The second-order valence-electron chi connectivity index (χ2n) is 5.77. The van der Waals surface area contributed by atoms with Gasteiger partial charge < -0.3 is 14.6 Å². The van der Waals surface area contributed by atoms with Crippen molar-refractivity contribution in [3.8, 4) is 17.1 Å². The molecule has 0 saturated carbocycles. The van der Waals surface area contributed by atoms with Crippen molar-refractivity contribution in [1.29, 1.82) is 0 Å². The zero-order chi connectivity index (χ0) is 19.2. The van der Waals surface area contributed by atoms with Crippen molar-refractivity contribution in [3.63, 3.8) is 0 Å². The standard InChI is InChI=1S/C19H18BrN3O3S/c1-12-6-7-16(15(20)8-12)21-17(24)10-27-11-18-22-19(23-26-18)13-4-3-5-14(9-13)25-2/h3-9H,10-11H2,1-2H3,(H,21,24). The van der Waals surface area contributed by atoms with Crippen LogP contribution in [0.5, 0.6) is 5.75 Å². The van der Waals surface area contributed by atoms with E-state index in [1.165, 1.54) is 11.8 Å². The molecule has 0 unspecified atom stereocenters. The summed E-state index contributed by atoms with van der Waals surface area (Å²) in [4.78, 5) is 16.5.